The van der Waals surface area contributed by atoms with Crippen LogP contribution in [0.1, 0.15) is 13.3 Å². The number of carbonyl (C=O) groups is 1. The zero-order valence-corrected chi connectivity index (χ0v) is 11.5. The Morgan fingerprint density at radius 3 is 2.85 bits per heavy atom. The maximum Gasteiger partial charge on any atom is 0.263 e. The number of rotatable bonds is 2. The van der Waals surface area contributed by atoms with Gasteiger partial charge < -0.3 is 14.9 Å². The second-order valence-corrected chi connectivity index (χ2v) is 5.56. The Kier molecular flexibility index (Phi) is 3.02. The lowest BCUT2D eigenvalue weighted by Gasteiger charge is -2.41. The Bertz CT molecular complexity index is 490. The van der Waals surface area contributed by atoms with E-state index in [9.17, 15) is 15.0 Å². The molecule has 6 atom stereocenters. The van der Waals surface area contributed by atoms with Crippen molar-refractivity contribution in [3.63, 3.8) is 0 Å². The SMILES string of the molecule is C=C1C2OC3CC(O)C(O)C2(C(=O)N1OC)C3C=CC. The quantitative estimate of drug-likeness (QED) is 0.695. The van der Waals surface area contributed by atoms with Crippen molar-refractivity contribution in [2.24, 2.45) is 11.3 Å². The Morgan fingerprint density at radius 2 is 2.25 bits per heavy atom. The summed E-state index contributed by atoms with van der Waals surface area (Å²) >= 11 is 0. The number of hydrogen-bond donors (Lipinski definition) is 2. The highest BCUT2D eigenvalue weighted by atomic mass is 16.7. The summed E-state index contributed by atoms with van der Waals surface area (Å²) < 4.78 is 5.91. The van der Waals surface area contributed by atoms with Gasteiger partial charge in [-0.2, -0.15) is 5.06 Å². The molecule has 3 aliphatic rings. The van der Waals surface area contributed by atoms with Crippen LogP contribution in [-0.2, 0) is 14.4 Å². The number of fused-ring (bicyclic) bond motifs is 1. The summed E-state index contributed by atoms with van der Waals surface area (Å²) in [5.41, 5.74) is -0.857. The fourth-order valence-electron chi connectivity index (χ4n) is 3.93. The van der Waals surface area contributed by atoms with Crippen LogP contribution in [0.3, 0.4) is 0 Å². The van der Waals surface area contributed by atoms with Gasteiger partial charge in [0.2, 0.25) is 0 Å². The number of hydroxylamine groups is 2. The van der Waals surface area contributed by atoms with Crippen LogP contribution in [0, 0.1) is 11.3 Å². The molecule has 0 radical (unpaired) electrons. The molecule has 6 heteroatoms. The van der Waals surface area contributed by atoms with Crippen molar-refractivity contribution >= 4 is 5.91 Å². The van der Waals surface area contributed by atoms with Crippen molar-refractivity contribution in [2.75, 3.05) is 7.11 Å². The minimum absolute atomic E-state index is 0.291. The number of ether oxygens (including phenoxy) is 1. The smallest absolute Gasteiger partial charge is 0.263 e. The first kappa shape index (κ1) is 13.8. The van der Waals surface area contributed by atoms with Crippen LogP contribution in [0.5, 0.6) is 0 Å². The summed E-state index contributed by atoms with van der Waals surface area (Å²) in [6.45, 7) is 5.70. The first-order valence-corrected chi connectivity index (χ1v) is 6.72. The molecule has 6 nitrogen and oxygen atoms in total. The van der Waals surface area contributed by atoms with E-state index in [0.29, 0.717) is 12.1 Å². The summed E-state index contributed by atoms with van der Waals surface area (Å²) in [7, 11) is 1.37. The lowest BCUT2D eigenvalue weighted by molar-refractivity contribution is -0.182. The molecule has 2 heterocycles. The van der Waals surface area contributed by atoms with Crippen LogP contribution in [0.4, 0.5) is 0 Å². The third kappa shape index (κ3) is 1.34. The van der Waals surface area contributed by atoms with Crippen LogP contribution in [-0.4, -0.2) is 52.7 Å². The number of hydrogen-bond acceptors (Lipinski definition) is 5. The monoisotopic (exact) mass is 281 g/mol. The zero-order valence-electron chi connectivity index (χ0n) is 11.5. The molecule has 1 spiro atoms. The summed E-state index contributed by atoms with van der Waals surface area (Å²) in [5, 5.41) is 21.6. The molecule has 3 rings (SSSR count). The third-order valence-electron chi connectivity index (χ3n) is 4.73. The predicted octanol–water partition coefficient (Wildman–Crippen LogP) is -0.0247. The van der Waals surface area contributed by atoms with Gasteiger partial charge in [0.25, 0.3) is 5.91 Å². The minimum Gasteiger partial charge on any atom is -0.390 e. The molecule has 0 aromatic carbocycles. The van der Waals surface area contributed by atoms with E-state index in [1.54, 1.807) is 0 Å². The summed E-state index contributed by atoms with van der Waals surface area (Å²) in [4.78, 5) is 17.8. The molecular weight excluding hydrogens is 262 g/mol. The van der Waals surface area contributed by atoms with E-state index in [1.807, 2.05) is 19.1 Å². The predicted molar refractivity (Wildman–Crippen MR) is 69.0 cm³/mol. The summed E-state index contributed by atoms with van der Waals surface area (Å²) in [6, 6.07) is 0. The molecule has 3 fully saturated rings. The van der Waals surface area contributed by atoms with Gasteiger partial charge in [0, 0.05) is 12.3 Å². The Balaban J connectivity index is 2.16. The summed E-state index contributed by atoms with van der Waals surface area (Å²) in [6.07, 6.45) is 0.868. The van der Waals surface area contributed by atoms with Crippen molar-refractivity contribution in [2.45, 2.75) is 37.8 Å². The standard InChI is InChI=1S/C14H19NO5/c1-4-5-8-10-6-9(16)11(17)14(8)12(20-10)7(2)15(19-3)13(14)18/h4-5,8-12,16-17H,2,6H2,1,3H3. The molecule has 2 saturated heterocycles. The van der Waals surface area contributed by atoms with Gasteiger partial charge in [-0.25, -0.2) is 0 Å². The normalized spacial score (nSPS) is 47.4. The average Bonchev–Trinajstić information content (AvgIpc) is 2.78. The molecular formula is C14H19NO5. The number of allylic oxidation sites excluding steroid dienone is 1. The maximum absolute atomic E-state index is 12.8. The highest BCUT2D eigenvalue weighted by Crippen LogP contribution is 2.59. The number of carbonyl (C=O) groups excluding carboxylic acids is 1. The first-order valence-electron chi connectivity index (χ1n) is 6.72. The molecule has 6 unspecified atom stereocenters. The zero-order chi connectivity index (χ0) is 14.7. The van der Waals surface area contributed by atoms with Crippen LogP contribution in [0.15, 0.2) is 24.4 Å². The van der Waals surface area contributed by atoms with E-state index in [2.05, 4.69) is 6.58 Å². The second-order valence-electron chi connectivity index (χ2n) is 5.56. The molecule has 0 aromatic rings. The lowest BCUT2D eigenvalue weighted by atomic mass is 9.62. The first-order chi connectivity index (χ1) is 9.49. The van der Waals surface area contributed by atoms with Gasteiger partial charge >= 0.3 is 0 Å². The Hall–Kier alpha value is -1.21. The Morgan fingerprint density at radius 1 is 1.55 bits per heavy atom. The van der Waals surface area contributed by atoms with E-state index < -0.39 is 29.6 Å². The van der Waals surface area contributed by atoms with Crippen molar-refractivity contribution in [1.82, 2.24) is 5.06 Å². The fourth-order valence-corrected chi connectivity index (χ4v) is 3.93. The van der Waals surface area contributed by atoms with Crippen molar-refractivity contribution in [3.8, 4) is 0 Å². The van der Waals surface area contributed by atoms with Gasteiger partial charge in [0.15, 0.2) is 0 Å². The van der Waals surface area contributed by atoms with Gasteiger partial charge in [-0.3, -0.25) is 9.63 Å². The van der Waals surface area contributed by atoms with E-state index in [0.717, 1.165) is 5.06 Å². The molecule has 20 heavy (non-hydrogen) atoms. The number of aliphatic hydroxyl groups is 2. The molecule has 0 aromatic heterocycles. The van der Waals surface area contributed by atoms with E-state index in [4.69, 9.17) is 9.57 Å². The van der Waals surface area contributed by atoms with E-state index >= 15 is 0 Å². The van der Waals surface area contributed by atoms with Gasteiger partial charge in [-0.05, 0) is 6.92 Å². The largest absolute Gasteiger partial charge is 0.390 e. The number of aliphatic hydroxyl groups excluding tert-OH is 2. The molecule has 1 saturated carbocycles. The highest BCUT2D eigenvalue weighted by molar-refractivity contribution is 5.90. The number of amides is 1. The summed E-state index contributed by atoms with van der Waals surface area (Å²) in [5.74, 6) is -0.688. The molecule has 1 aliphatic carbocycles. The molecule has 2 bridgehead atoms. The van der Waals surface area contributed by atoms with Crippen LogP contribution in [0.2, 0.25) is 0 Å². The van der Waals surface area contributed by atoms with Crippen LogP contribution < -0.4 is 0 Å². The topological polar surface area (TPSA) is 79.2 Å². The van der Waals surface area contributed by atoms with Crippen molar-refractivity contribution in [1.29, 1.82) is 0 Å². The second kappa shape index (κ2) is 4.39. The third-order valence-corrected chi connectivity index (χ3v) is 4.73. The van der Waals surface area contributed by atoms with Crippen molar-refractivity contribution in [3.05, 3.63) is 24.4 Å². The van der Waals surface area contributed by atoms with Gasteiger partial charge in [0.05, 0.1) is 31.1 Å². The molecule has 2 N–H and O–H groups in total. The fraction of sp³-hybridized carbons (Fsp3) is 0.643. The van der Waals surface area contributed by atoms with Crippen LogP contribution in [0.25, 0.3) is 0 Å². The highest BCUT2D eigenvalue weighted by Gasteiger charge is 2.74. The van der Waals surface area contributed by atoms with Gasteiger partial charge in [0.1, 0.15) is 11.5 Å². The average molecular weight is 281 g/mol. The van der Waals surface area contributed by atoms with Crippen LogP contribution >= 0.6 is 0 Å². The van der Waals surface area contributed by atoms with E-state index in [-0.39, 0.29) is 12.0 Å². The lowest BCUT2D eigenvalue weighted by Crippen LogP contribution is -2.58. The van der Waals surface area contributed by atoms with E-state index in [1.165, 1.54) is 7.11 Å². The molecule has 2 aliphatic heterocycles. The number of nitrogens with zero attached hydrogens (tertiary/aromatic N) is 1. The Labute approximate surface area is 117 Å². The van der Waals surface area contributed by atoms with Gasteiger partial charge in [-0.15, -0.1) is 0 Å². The molecule has 1 amide bonds. The van der Waals surface area contributed by atoms with Gasteiger partial charge in [-0.1, -0.05) is 18.7 Å². The minimum atomic E-state index is -1.23. The maximum atomic E-state index is 12.8. The molecule has 110 valence electrons. The van der Waals surface area contributed by atoms with Crippen molar-refractivity contribution < 1.29 is 24.6 Å².